The largest absolute Gasteiger partial charge is 0.481 e. The number of benzene rings is 1. The standard InChI is InChI=1S/C22H15NO/c1-2-8-14-13(7-1)21-19(15-9-3-5-11-17(15)23-21)20-16-10-4-6-12-18(16)24-22(14)20/h1-13,18,23H. The second-order valence-corrected chi connectivity index (χ2v) is 6.58. The highest BCUT2D eigenvalue weighted by molar-refractivity contribution is 6.03. The summed E-state index contributed by atoms with van der Waals surface area (Å²) in [5.74, 6) is 1.29. The molecule has 0 saturated carbocycles. The fourth-order valence-electron chi connectivity index (χ4n) is 4.31. The van der Waals surface area contributed by atoms with Crippen LogP contribution in [0.25, 0.3) is 16.5 Å². The quantitative estimate of drug-likeness (QED) is 0.734. The first kappa shape index (κ1) is 12.4. The average Bonchev–Trinajstić information content (AvgIpc) is 3.20. The summed E-state index contributed by atoms with van der Waals surface area (Å²) in [6.45, 7) is 0. The average molecular weight is 309 g/mol. The van der Waals surface area contributed by atoms with Crippen LogP contribution < -0.4 is 0 Å². The van der Waals surface area contributed by atoms with Crippen LogP contribution in [0.5, 0.6) is 0 Å². The van der Waals surface area contributed by atoms with Crippen molar-refractivity contribution >= 4 is 16.5 Å². The Balaban J connectivity index is 1.77. The Hall–Kier alpha value is -3.00. The Morgan fingerprint density at radius 3 is 2.67 bits per heavy atom. The molecule has 2 heteroatoms. The Morgan fingerprint density at radius 2 is 1.71 bits per heavy atom. The molecule has 3 aliphatic carbocycles. The summed E-state index contributed by atoms with van der Waals surface area (Å²) in [6, 6.07) is 8.57. The van der Waals surface area contributed by atoms with Crippen molar-refractivity contribution in [1.82, 2.24) is 4.98 Å². The highest BCUT2D eigenvalue weighted by Crippen LogP contribution is 2.53. The van der Waals surface area contributed by atoms with Crippen molar-refractivity contribution < 1.29 is 4.74 Å². The molecule has 2 aromatic rings. The number of nitrogens with one attached hydrogen (secondary N) is 1. The summed E-state index contributed by atoms with van der Waals surface area (Å²) >= 11 is 0. The van der Waals surface area contributed by atoms with Gasteiger partial charge in [-0.25, -0.2) is 0 Å². The molecule has 2 heterocycles. The van der Waals surface area contributed by atoms with Crippen LogP contribution in [-0.2, 0) is 4.74 Å². The van der Waals surface area contributed by atoms with Gasteiger partial charge in [0.05, 0.1) is 0 Å². The molecule has 2 nitrogen and oxygen atoms in total. The van der Waals surface area contributed by atoms with Gasteiger partial charge in [0, 0.05) is 44.8 Å². The number of hydrogen-bond acceptors (Lipinski definition) is 1. The second-order valence-electron chi connectivity index (χ2n) is 6.58. The van der Waals surface area contributed by atoms with Gasteiger partial charge < -0.3 is 9.72 Å². The fraction of sp³-hybridized carbons (Fsp3) is 0.0909. The molecule has 0 amide bonds. The van der Waals surface area contributed by atoms with Crippen molar-refractivity contribution in [2.24, 2.45) is 0 Å². The number of H-pyrrole nitrogens is 1. The van der Waals surface area contributed by atoms with E-state index in [2.05, 4.69) is 77.9 Å². The van der Waals surface area contributed by atoms with Crippen LogP contribution >= 0.6 is 0 Å². The van der Waals surface area contributed by atoms with Crippen LogP contribution in [0.15, 0.2) is 89.8 Å². The lowest BCUT2D eigenvalue weighted by Gasteiger charge is -2.26. The van der Waals surface area contributed by atoms with E-state index in [1.807, 2.05) is 0 Å². The first-order valence-corrected chi connectivity index (χ1v) is 8.38. The first-order valence-electron chi connectivity index (χ1n) is 8.38. The van der Waals surface area contributed by atoms with Gasteiger partial charge in [-0.1, -0.05) is 60.7 Å². The van der Waals surface area contributed by atoms with E-state index in [4.69, 9.17) is 4.74 Å². The number of rotatable bonds is 0. The number of hydrogen-bond donors (Lipinski definition) is 1. The van der Waals surface area contributed by atoms with E-state index in [0.29, 0.717) is 0 Å². The molecule has 114 valence electrons. The van der Waals surface area contributed by atoms with Crippen LogP contribution in [0.4, 0.5) is 0 Å². The minimum absolute atomic E-state index is 0.0343. The predicted octanol–water partition coefficient (Wildman–Crippen LogP) is 4.92. The van der Waals surface area contributed by atoms with Gasteiger partial charge in [0.15, 0.2) is 0 Å². The monoisotopic (exact) mass is 309 g/mol. The van der Waals surface area contributed by atoms with Crippen LogP contribution in [0.1, 0.15) is 17.2 Å². The molecule has 0 fully saturated rings. The lowest BCUT2D eigenvalue weighted by atomic mass is 9.78. The summed E-state index contributed by atoms with van der Waals surface area (Å²) in [6.07, 6.45) is 17.2. The van der Waals surface area contributed by atoms with Crippen LogP contribution in [0.2, 0.25) is 0 Å². The van der Waals surface area contributed by atoms with Gasteiger partial charge in [-0.3, -0.25) is 0 Å². The smallest absolute Gasteiger partial charge is 0.143 e. The molecule has 0 bridgehead atoms. The summed E-state index contributed by atoms with van der Waals surface area (Å²) < 4.78 is 6.38. The molecular formula is C22H15NO. The van der Waals surface area contributed by atoms with Gasteiger partial charge in [-0.05, 0) is 12.1 Å². The maximum absolute atomic E-state index is 6.38. The molecule has 24 heavy (non-hydrogen) atoms. The van der Waals surface area contributed by atoms with Gasteiger partial charge in [-0.15, -0.1) is 0 Å². The zero-order valence-electron chi connectivity index (χ0n) is 13.0. The zero-order chi connectivity index (χ0) is 15.7. The lowest BCUT2D eigenvalue weighted by Crippen LogP contribution is -2.12. The highest BCUT2D eigenvalue weighted by atomic mass is 16.5. The molecule has 0 spiro atoms. The van der Waals surface area contributed by atoms with E-state index in [9.17, 15) is 0 Å². The molecule has 1 aliphatic heterocycles. The van der Waals surface area contributed by atoms with Crippen molar-refractivity contribution in [3.63, 3.8) is 0 Å². The molecular weight excluding hydrogens is 294 g/mol. The number of ether oxygens (including phenoxy) is 1. The second kappa shape index (κ2) is 4.30. The van der Waals surface area contributed by atoms with Crippen molar-refractivity contribution in [3.8, 4) is 0 Å². The maximum Gasteiger partial charge on any atom is 0.143 e. The normalized spacial score (nSPS) is 25.7. The Labute approximate surface area is 139 Å². The molecule has 0 radical (unpaired) electrons. The maximum atomic E-state index is 6.38. The summed E-state index contributed by atoms with van der Waals surface area (Å²) in [5, 5.41) is 1.28. The zero-order valence-corrected chi connectivity index (χ0v) is 13.0. The van der Waals surface area contributed by atoms with Crippen molar-refractivity contribution in [2.75, 3.05) is 0 Å². The third-order valence-corrected chi connectivity index (χ3v) is 5.32. The Bertz CT molecular complexity index is 1080. The molecule has 1 N–H and O–H groups in total. The summed E-state index contributed by atoms with van der Waals surface area (Å²) in [5.41, 5.74) is 7.58. The highest BCUT2D eigenvalue weighted by Gasteiger charge is 2.40. The molecule has 4 aliphatic rings. The van der Waals surface area contributed by atoms with Crippen molar-refractivity contribution in [1.29, 1.82) is 0 Å². The van der Waals surface area contributed by atoms with Crippen LogP contribution in [0.3, 0.4) is 0 Å². The Morgan fingerprint density at radius 1 is 0.875 bits per heavy atom. The number of para-hydroxylation sites is 1. The number of allylic oxidation sites excluding steroid dienone is 8. The third kappa shape index (κ3) is 1.41. The number of fused-ring (bicyclic) bond motifs is 8. The molecule has 2 atom stereocenters. The summed E-state index contributed by atoms with van der Waals surface area (Å²) in [7, 11) is 0. The van der Waals surface area contributed by atoms with Gasteiger partial charge in [0.2, 0.25) is 0 Å². The minimum Gasteiger partial charge on any atom is -0.481 e. The van der Waals surface area contributed by atoms with Crippen molar-refractivity contribution in [3.05, 3.63) is 101 Å². The first-order chi connectivity index (χ1) is 11.9. The summed E-state index contributed by atoms with van der Waals surface area (Å²) in [4.78, 5) is 3.67. The molecule has 1 aromatic carbocycles. The SMILES string of the molecule is C1=CC2=C3C(=C4C=CC=CC4c4[nH]c5ccccc5c43)OC2C=C1. The Kier molecular flexibility index (Phi) is 2.22. The van der Waals surface area contributed by atoms with Crippen LogP contribution in [0, 0.1) is 0 Å². The minimum atomic E-state index is 0.0343. The molecule has 2 unspecified atom stereocenters. The third-order valence-electron chi connectivity index (χ3n) is 5.32. The molecule has 1 aromatic heterocycles. The van der Waals surface area contributed by atoms with Gasteiger partial charge in [0.1, 0.15) is 11.9 Å². The lowest BCUT2D eigenvalue weighted by molar-refractivity contribution is 0.212. The van der Waals surface area contributed by atoms with Gasteiger partial charge in [-0.2, -0.15) is 0 Å². The van der Waals surface area contributed by atoms with Crippen molar-refractivity contribution in [2.45, 2.75) is 12.0 Å². The van der Waals surface area contributed by atoms with E-state index in [-0.39, 0.29) is 12.0 Å². The van der Waals surface area contributed by atoms with Crippen LogP contribution in [-0.4, -0.2) is 11.1 Å². The number of aromatic nitrogens is 1. The van der Waals surface area contributed by atoms with Gasteiger partial charge >= 0.3 is 0 Å². The van der Waals surface area contributed by atoms with E-state index in [1.165, 1.54) is 38.9 Å². The van der Waals surface area contributed by atoms with Gasteiger partial charge in [0.25, 0.3) is 0 Å². The van der Waals surface area contributed by atoms with E-state index >= 15 is 0 Å². The molecule has 0 saturated heterocycles. The van der Waals surface area contributed by atoms with E-state index in [0.717, 1.165) is 5.76 Å². The molecule has 6 rings (SSSR count). The van der Waals surface area contributed by atoms with E-state index in [1.54, 1.807) is 0 Å². The fourth-order valence-corrected chi connectivity index (χ4v) is 4.31. The number of aromatic amines is 1. The van der Waals surface area contributed by atoms with E-state index < -0.39 is 0 Å². The predicted molar refractivity (Wildman–Crippen MR) is 96.4 cm³/mol. The topological polar surface area (TPSA) is 25.0 Å².